The summed E-state index contributed by atoms with van der Waals surface area (Å²) in [4.78, 5) is 4.20. The van der Waals surface area contributed by atoms with Crippen LogP contribution in [-0.2, 0) is 0 Å². The van der Waals surface area contributed by atoms with Gasteiger partial charge in [0.1, 0.15) is 11.9 Å². The van der Waals surface area contributed by atoms with Crippen LogP contribution in [0, 0.1) is 18.3 Å². The summed E-state index contributed by atoms with van der Waals surface area (Å²) < 4.78 is 0. The molecule has 0 saturated carbocycles. The molecule has 90 valence electrons. The van der Waals surface area contributed by atoms with Gasteiger partial charge >= 0.3 is 0 Å². The number of nitrogen functional groups attached to an aromatic ring is 1. The quantitative estimate of drug-likeness (QED) is 0.867. The van der Waals surface area contributed by atoms with Gasteiger partial charge in [0.15, 0.2) is 0 Å². The van der Waals surface area contributed by atoms with Crippen molar-refractivity contribution >= 4 is 28.8 Å². The first kappa shape index (κ1) is 12.2. The van der Waals surface area contributed by atoms with Gasteiger partial charge in [0.25, 0.3) is 0 Å². The predicted molar refractivity (Wildman–Crippen MR) is 72.8 cm³/mol. The maximum atomic E-state index is 8.79. The largest absolute Gasteiger partial charge is 0.397 e. The average molecular weight is 259 g/mol. The van der Waals surface area contributed by atoms with Crippen LogP contribution in [0.15, 0.2) is 30.5 Å². The van der Waals surface area contributed by atoms with E-state index in [0.29, 0.717) is 22.1 Å². The Morgan fingerprint density at radius 2 is 2.17 bits per heavy atom. The minimum atomic E-state index is 0.413. The Labute approximate surface area is 110 Å². The molecule has 1 heterocycles. The van der Waals surface area contributed by atoms with Gasteiger partial charge in [-0.25, -0.2) is 4.98 Å². The zero-order valence-electron chi connectivity index (χ0n) is 9.74. The number of nitrogens with one attached hydrogen (secondary N) is 1. The lowest BCUT2D eigenvalue weighted by Gasteiger charge is -2.09. The Morgan fingerprint density at radius 3 is 2.78 bits per heavy atom. The topological polar surface area (TPSA) is 74.7 Å². The number of rotatable bonds is 2. The number of aryl methyl sites for hydroxylation is 1. The molecule has 1 aromatic carbocycles. The molecule has 0 atom stereocenters. The molecule has 0 bridgehead atoms. The second-order valence-electron chi connectivity index (χ2n) is 3.87. The molecule has 18 heavy (non-hydrogen) atoms. The molecule has 0 aliphatic heterocycles. The van der Waals surface area contributed by atoms with Crippen LogP contribution in [0.1, 0.15) is 11.1 Å². The second-order valence-corrected chi connectivity index (χ2v) is 4.27. The molecule has 2 aromatic rings. The fraction of sp³-hybridized carbons (Fsp3) is 0.0769. The first-order chi connectivity index (χ1) is 8.60. The Bertz CT molecular complexity index is 631. The molecule has 0 unspecified atom stereocenters. The van der Waals surface area contributed by atoms with Crippen LogP contribution in [0.4, 0.5) is 17.2 Å². The number of nitriles is 1. The lowest BCUT2D eigenvalue weighted by atomic mass is 10.2. The van der Waals surface area contributed by atoms with Crippen molar-refractivity contribution in [2.75, 3.05) is 11.1 Å². The van der Waals surface area contributed by atoms with Gasteiger partial charge < -0.3 is 11.1 Å². The molecule has 0 amide bonds. The average Bonchev–Trinajstić information content (AvgIpc) is 2.33. The van der Waals surface area contributed by atoms with E-state index in [4.69, 9.17) is 22.6 Å². The number of benzene rings is 1. The van der Waals surface area contributed by atoms with Crippen molar-refractivity contribution in [2.24, 2.45) is 0 Å². The number of hydrogen-bond donors (Lipinski definition) is 2. The maximum absolute atomic E-state index is 8.79. The smallest absolute Gasteiger partial charge is 0.133 e. The molecule has 1 aromatic heterocycles. The van der Waals surface area contributed by atoms with E-state index < -0.39 is 0 Å². The number of hydrogen-bond acceptors (Lipinski definition) is 4. The van der Waals surface area contributed by atoms with Crippen LogP contribution in [0.2, 0.25) is 5.02 Å². The molecule has 3 N–H and O–H groups in total. The van der Waals surface area contributed by atoms with Crippen LogP contribution in [-0.4, -0.2) is 4.98 Å². The SMILES string of the molecule is Cc1cc(N)cnc1Nc1ccc(C#N)c(Cl)c1. The summed E-state index contributed by atoms with van der Waals surface area (Å²) in [5.41, 5.74) is 8.42. The standard InChI is InChI=1S/C13H11ClN4/c1-8-4-10(16)7-17-13(8)18-11-3-2-9(6-15)12(14)5-11/h2-5,7H,16H2,1H3,(H,17,18). The van der Waals surface area contributed by atoms with Crippen LogP contribution in [0.5, 0.6) is 0 Å². The lowest BCUT2D eigenvalue weighted by molar-refractivity contribution is 1.26. The molecule has 2 rings (SSSR count). The summed E-state index contributed by atoms with van der Waals surface area (Å²) in [6.07, 6.45) is 1.58. The number of aromatic nitrogens is 1. The molecule has 0 aliphatic rings. The maximum Gasteiger partial charge on any atom is 0.133 e. The third kappa shape index (κ3) is 2.53. The zero-order valence-corrected chi connectivity index (χ0v) is 10.5. The molecule has 0 aliphatic carbocycles. The third-order valence-electron chi connectivity index (χ3n) is 2.45. The van der Waals surface area contributed by atoms with Crippen molar-refractivity contribution in [3.63, 3.8) is 0 Å². The van der Waals surface area contributed by atoms with E-state index >= 15 is 0 Å². The van der Waals surface area contributed by atoms with Crippen LogP contribution < -0.4 is 11.1 Å². The summed E-state index contributed by atoms with van der Waals surface area (Å²) in [6, 6.07) is 8.98. The van der Waals surface area contributed by atoms with E-state index in [1.807, 2.05) is 19.1 Å². The number of anilines is 3. The molecule has 0 saturated heterocycles. The van der Waals surface area contributed by atoms with Gasteiger partial charge in [-0.1, -0.05) is 11.6 Å². The van der Waals surface area contributed by atoms with Gasteiger partial charge in [-0.15, -0.1) is 0 Å². The van der Waals surface area contributed by atoms with E-state index in [0.717, 1.165) is 11.3 Å². The predicted octanol–water partition coefficient (Wildman–Crippen LogP) is 3.24. The van der Waals surface area contributed by atoms with Crippen molar-refractivity contribution in [3.05, 3.63) is 46.6 Å². The Morgan fingerprint density at radius 1 is 1.39 bits per heavy atom. The van der Waals surface area contributed by atoms with E-state index in [1.165, 1.54) is 0 Å². The molecule has 0 fully saturated rings. The number of nitrogens with zero attached hydrogens (tertiary/aromatic N) is 2. The van der Waals surface area contributed by atoms with Crippen LogP contribution in [0.25, 0.3) is 0 Å². The lowest BCUT2D eigenvalue weighted by Crippen LogP contribution is -1.98. The fourth-order valence-corrected chi connectivity index (χ4v) is 1.77. The normalized spacial score (nSPS) is 9.83. The Kier molecular flexibility index (Phi) is 3.35. The molecule has 5 heteroatoms. The first-order valence-electron chi connectivity index (χ1n) is 5.29. The van der Waals surface area contributed by atoms with Gasteiger partial charge in [0.2, 0.25) is 0 Å². The van der Waals surface area contributed by atoms with Crippen LogP contribution in [0.3, 0.4) is 0 Å². The summed E-state index contributed by atoms with van der Waals surface area (Å²) in [5.74, 6) is 0.713. The highest BCUT2D eigenvalue weighted by atomic mass is 35.5. The molecule has 4 nitrogen and oxygen atoms in total. The molecular formula is C13H11ClN4. The van der Waals surface area contributed by atoms with E-state index in [2.05, 4.69) is 10.3 Å². The second kappa shape index (κ2) is 4.94. The summed E-state index contributed by atoms with van der Waals surface area (Å²) in [5, 5.41) is 12.3. The van der Waals surface area contributed by atoms with E-state index in [1.54, 1.807) is 24.4 Å². The summed E-state index contributed by atoms with van der Waals surface area (Å²) >= 11 is 5.96. The zero-order chi connectivity index (χ0) is 13.1. The van der Waals surface area contributed by atoms with Crippen molar-refractivity contribution in [1.29, 1.82) is 5.26 Å². The summed E-state index contributed by atoms with van der Waals surface area (Å²) in [7, 11) is 0. The Hall–Kier alpha value is -2.25. The molecule has 0 radical (unpaired) electrons. The molecule has 0 spiro atoms. The minimum Gasteiger partial charge on any atom is -0.397 e. The highest BCUT2D eigenvalue weighted by Gasteiger charge is 2.04. The monoisotopic (exact) mass is 258 g/mol. The van der Waals surface area contributed by atoms with Gasteiger partial charge in [-0.2, -0.15) is 5.26 Å². The highest BCUT2D eigenvalue weighted by molar-refractivity contribution is 6.32. The number of pyridine rings is 1. The molecular weight excluding hydrogens is 248 g/mol. The number of nitrogens with two attached hydrogens (primary N) is 1. The third-order valence-corrected chi connectivity index (χ3v) is 2.76. The summed E-state index contributed by atoms with van der Waals surface area (Å²) in [6.45, 7) is 1.91. The van der Waals surface area contributed by atoms with E-state index in [-0.39, 0.29) is 0 Å². The van der Waals surface area contributed by atoms with Gasteiger partial charge in [-0.05, 0) is 36.8 Å². The first-order valence-corrected chi connectivity index (χ1v) is 5.67. The van der Waals surface area contributed by atoms with E-state index in [9.17, 15) is 0 Å². The van der Waals surface area contributed by atoms with Gasteiger partial charge in [0, 0.05) is 5.69 Å². The van der Waals surface area contributed by atoms with Crippen LogP contribution >= 0.6 is 11.6 Å². The van der Waals surface area contributed by atoms with Gasteiger partial charge in [0.05, 0.1) is 22.5 Å². The Balaban J connectivity index is 2.29. The fourth-order valence-electron chi connectivity index (χ4n) is 1.55. The van der Waals surface area contributed by atoms with Crippen molar-refractivity contribution < 1.29 is 0 Å². The van der Waals surface area contributed by atoms with Crippen molar-refractivity contribution in [2.45, 2.75) is 6.92 Å². The van der Waals surface area contributed by atoms with Gasteiger partial charge in [-0.3, -0.25) is 0 Å². The minimum absolute atomic E-state index is 0.413. The van der Waals surface area contributed by atoms with Crippen molar-refractivity contribution in [3.8, 4) is 6.07 Å². The number of halogens is 1. The highest BCUT2D eigenvalue weighted by Crippen LogP contribution is 2.24. The van der Waals surface area contributed by atoms with Crippen molar-refractivity contribution in [1.82, 2.24) is 4.98 Å².